The maximum atomic E-state index is 13.0. The summed E-state index contributed by atoms with van der Waals surface area (Å²) in [6, 6.07) is 7.91. The van der Waals surface area contributed by atoms with Crippen molar-refractivity contribution in [2.75, 3.05) is 18.0 Å². The summed E-state index contributed by atoms with van der Waals surface area (Å²) < 4.78 is 5.66. The largest absolute Gasteiger partial charge is 0.491 e. The predicted molar refractivity (Wildman–Crippen MR) is 102 cm³/mol. The van der Waals surface area contributed by atoms with Crippen LogP contribution in [-0.2, 0) is 9.59 Å². The van der Waals surface area contributed by atoms with Crippen LogP contribution in [0.5, 0.6) is 5.75 Å². The maximum absolute atomic E-state index is 13.0. The SMILES string of the molecule is CCC1CCCCN1C(=O)C1CC(=O)N(c2ccc(OC(C)C)cc2)C1. The van der Waals surface area contributed by atoms with Crippen molar-refractivity contribution in [1.29, 1.82) is 0 Å². The molecule has 0 saturated carbocycles. The number of benzene rings is 1. The van der Waals surface area contributed by atoms with Gasteiger partial charge in [-0.15, -0.1) is 0 Å². The van der Waals surface area contributed by atoms with Gasteiger partial charge in [0.15, 0.2) is 0 Å². The van der Waals surface area contributed by atoms with Gasteiger partial charge in [-0.05, 0) is 63.8 Å². The highest BCUT2D eigenvalue weighted by Crippen LogP contribution is 2.30. The zero-order chi connectivity index (χ0) is 18.7. The van der Waals surface area contributed by atoms with Gasteiger partial charge < -0.3 is 14.5 Å². The molecule has 5 heteroatoms. The fraction of sp³-hybridized carbons (Fsp3) is 0.619. The Morgan fingerprint density at radius 2 is 1.96 bits per heavy atom. The molecule has 2 aliphatic heterocycles. The minimum Gasteiger partial charge on any atom is -0.491 e. The first-order valence-electron chi connectivity index (χ1n) is 9.87. The van der Waals surface area contributed by atoms with Gasteiger partial charge in [0.1, 0.15) is 5.75 Å². The van der Waals surface area contributed by atoms with Crippen LogP contribution in [0, 0.1) is 5.92 Å². The van der Waals surface area contributed by atoms with Crippen molar-refractivity contribution in [2.45, 2.75) is 65.0 Å². The molecule has 0 aliphatic carbocycles. The van der Waals surface area contributed by atoms with Crippen molar-refractivity contribution in [1.82, 2.24) is 4.90 Å². The Kier molecular flexibility index (Phi) is 5.84. The van der Waals surface area contributed by atoms with Crippen LogP contribution < -0.4 is 9.64 Å². The molecule has 26 heavy (non-hydrogen) atoms. The van der Waals surface area contributed by atoms with E-state index >= 15 is 0 Å². The van der Waals surface area contributed by atoms with Crippen LogP contribution in [0.1, 0.15) is 52.9 Å². The number of piperidine rings is 1. The number of carbonyl (C=O) groups excluding carboxylic acids is 2. The lowest BCUT2D eigenvalue weighted by atomic mass is 9.97. The summed E-state index contributed by atoms with van der Waals surface area (Å²) in [5.41, 5.74) is 0.840. The summed E-state index contributed by atoms with van der Waals surface area (Å²) in [7, 11) is 0. The van der Waals surface area contributed by atoms with Gasteiger partial charge >= 0.3 is 0 Å². The number of anilines is 1. The van der Waals surface area contributed by atoms with Gasteiger partial charge in [0.05, 0.1) is 12.0 Å². The van der Waals surface area contributed by atoms with E-state index in [1.807, 2.05) is 43.0 Å². The maximum Gasteiger partial charge on any atom is 0.228 e. The molecule has 142 valence electrons. The van der Waals surface area contributed by atoms with Crippen molar-refractivity contribution in [3.63, 3.8) is 0 Å². The molecule has 2 heterocycles. The lowest BCUT2D eigenvalue weighted by Gasteiger charge is -2.36. The highest BCUT2D eigenvalue weighted by atomic mass is 16.5. The Balaban J connectivity index is 1.67. The molecule has 1 aromatic carbocycles. The van der Waals surface area contributed by atoms with Gasteiger partial charge in [0, 0.05) is 31.2 Å². The number of hydrogen-bond acceptors (Lipinski definition) is 3. The standard InChI is InChI=1S/C21H30N2O3/c1-4-17-7-5-6-12-22(17)21(25)16-13-20(24)23(14-16)18-8-10-19(11-9-18)26-15(2)3/h8-11,15-17H,4-7,12-14H2,1-3H3. The second-order valence-corrected chi connectivity index (χ2v) is 7.66. The van der Waals surface area contributed by atoms with Crippen LogP contribution in [0.25, 0.3) is 0 Å². The lowest BCUT2D eigenvalue weighted by Crippen LogP contribution is -2.46. The molecule has 1 aromatic rings. The number of hydrogen-bond donors (Lipinski definition) is 0. The van der Waals surface area contributed by atoms with Gasteiger partial charge in [-0.2, -0.15) is 0 Å². The smallest absolute Gasteiger partial charge is 0.228 e. The fourth-order valence-corrected chi connectivity index (χ4v) is 4.05. The number of likely N-dealkylation sites (tertiary alicyclic amines) is 1. The highest BCUT2D eigenvalue weighted by molar-refractivity contribution is 6.00. The number of carbonyl (C=O) groups is 2. The number of amides is 2. The van der Waals surface area contributed by atoms with E-state index in [2.05, 4.69) is 6.92 Å². The Morgan fingerprint density at radius 1 is 1.23 bits per heavy atom. The second kappa shape index (κ2) is 8.11. The third-order valence-corrected chi connectivity index (χ3v) is 5.38. The molecular formula is C21H30N2O3. The van der Waals surface area contributed by atoms with E-state index in [1.165, 1.54) is 6.42 Å². The van der Waals surface area contributed by atoms with Gasteiger partial charge in [-0.1, -0.05) is 6.92 Å². The topological polar surface area (TPSA) is 49.9 Å². The monoisotopic (exact) mass is 358 g/mol. The lowest BCUT2D eigenvalue weighted by molar-refractivity contribution is -0.139. The molecule has 2 atom stereocenters. The molecule has 2 saturated heterocycles. The number of rotatable bonds is 5. The summed E-state index contributed by atoms with van der Waals surface area (Å²) in [5, 5.41) is 0. The molecule has 0 aromatic heterocycles. The van der Waals surface area contributed by atoms with E-state index in [0.717, 1.165) is 37.2 Å². The molecule has 3 rings (SSSR count). The second-order valence-electron chi connectivity index (χ2n) is 7.66. The van der Waals surface area contributed by atoms with E-state index in [4.69, 9.17) is 4.74 Å². The van der Waals surface area contributed by atoms with Crippen molar-refractivity contribution in [3.8, 4) is 5.75 Å². The molecule has 2 fully saturated rings. The van der Waals surface area contributed by atoms with Crippen molar-refractivity contribution in [2.24, 2.45) is 5.92 Å². The summed E-state index contributed by atoms with van der Waals surface area (Å²) >= 11 is 0. The van der Waals surface area contributed by atoms with Gasteiger partial charge in [-0.3, -0.25) is 9.59 Å². The molecule has 5 nitrogen and oxygen atoms in total. The Bertz CT molecular complexity index is 641. The highest BCUT2D eigenvalue weighted by Gasteiger charge is 2.39. The molecular weight excluding hydrogens is 328 g/mol. The Morgan fingerprint density at radius 3 is 2.62 bits per heavy atom. The van der Waals surface area contributed by atoms with Crippen molar-refractivity contribution >= 4 is 17.5 Å². The summed E-state index contributed by atoms with van der Waals surface area (Å²) in [6.07, 6.45) is 4.78. The van der Waals surface area contributed by atoms with E-state index in [-0.39, 0.29) is 23.8 Å². The number of ether oxygens (including phenoxy) is 1. The van der Waals surface area contributed by atoms with Crippen molar-refractivity contribution in [3.05, 3.63) is 24.3 Å². The van der Waals surface area contributed by atoms with Gasteiger partial charge in [0.2, 0.25) is 11.8 Å². The van der Waals surface area contributed by atoms with E-state index in [0.29, 0.717) is 19.0 Å². The molecule has 2 unspecified atom stereocenters. The van der Waals surface area contributed by atoms with E-state index < -0.39 is 0 Å². The third kappa shape index (κ3) is 4.02. The average molecular weight is 358 g/mol. The Labute approximate surface area is 156 Å². The van der Waals surface area contributed by atoms with Crippen LogP contribution in [0.4, 0.5) is 5.69 Å². The molecule has 0 radical (unpaired) electrons. The van der Waals surface area contributed by atoms with Crippen LogP contribution in [0.2, 0.25) is 0 Å². The first-order chi connectivity index (χ1) is 12.5. The first kappa shape index (κ1) is 18.7. The average Bonchev–Trinajstić information content (AvgIpc) is 3.03. The van der Waals surface area contributed by atoms with E-state index in [9.17, 15) is 9.59 Å². The predicted octanol–water partition coefficient (Wildman–Crippen LogP) is 3.62. The zero-order valence-corrected chi connectivity index (χ0v) is 16.1. The number of nitrogens with zero attached hydrogens (tertiary/aromatic N) is 2. The summed E-state index contributed by atoms with van der Waals surface area (Å²) in [5.74, 6) is 0.765. The third-order valence-electron chi connectivity index (χ3n) is 5.38. The van der Waals surface area contributed by atoms with E-state index in [1.54, 1.807) is 4.90 Å². The van der Waals surface area contributed by atoms with Crippen LogP contribution in [0.15, 0.2) is 24.3 Å². The normalized spacial score (nSPS) is 23.6. The molecule has 2 amide bonds. The van der Waals surface area contributed by atoms with Crippen LogP contribution in [0.3, 0.4) is 0 Å². The molecule has 2 aliphatic rings. The molecule has 0 bridgehead atoms. The first-order valence-corrected chi connectivity index (χ1v) is 9.87. The fourth-order valence-electron chi connectivity index (χ4n) is 4.05. The quantitative estimate of drug-likeness (QED) is 0.808. The summed E-state index contributed by atoms with van der Waals surface area (Å²) in [6.45, 7) is 7.43. The summed E-state index contributed by atoms with van der Waals surface area (Å²) in [4.78, 5) is 29.3. The molecule has 0 N–H and O–H groups in total. The van der Waals surface area contributed by atoms with Crippen LogP contribution in [-0.4, -0.2) is 41.9 Å². The minimum absolute atomic E-state index is 0.0333. The zero-order valence-electron chi connectivity index (χ0n) is 16.1. The Hall–Kier alpha value is -2.04. The van der Waals surface area contributed by atoms with Gasteiger partial charge in [-0.25, -0.2) is 0 Å². The molecule has 0 spiro atoms. The van der Waals surface area contributed by atoms with Crippen LogP contribution >= 0.6 is 0 Å². The van der Waals surface area contributed by atoms with Crippen molar-refractivity contribution < 1.29 is 14.3 Å². The van der Waals surface area contributed by atoms with Gasteiger partial charge in [0.25, 0.3) is 0 Å². The minimum atomic E-state index is -0.221.